The summed E-state index contributed by atoms with van der Waals surface area (Å²) in [6.45, 7) is 9.88. The molecule has 0 saturated heterocycles. The van der Waals surface area contributed by atoms with Gasteiger partial charge in [0, 0.05) is 14.5 Å². The molecule has 1 aromatic carbocycles. The van der Waals surface area contributed by atoms with Gasteiger partial charge in [0.25, 0.3) is 0 Å². The first-order valence-electron chi connectivity index (χ1n) is 6.99. The molecule has 0 aliphatic carbocycles. The van der Waals surface area contributed by atoms with E-state index in [0.29, 0.717) is 0 Å². The minimum absolute atomic E-state index is 0.241. The first-order chi connectivity index (χ1) is 8.79. The van der Waals surface area contributed by atoms with Gasteiger partial charge in [-0.05, 0) is 76.8 Å². The average molecular weight is 391 g/mol. The molecule has 108 valence electrons. The van der Waals surface area contributed by atoms with E-state index in [0.717, 1.165) is 13.0 Å². The third-order valence-electron chi connectivity index (χ3n) is 3.11. The van der Waals surface area contributed by atoms with Crippen molar-refractivity contribution in [3.05, 3.63) is 32.2 Å². The van der Waals surface area contributed by atoms with E-state index < -0.39 is 0 Å². The van der Waals surface area contributed by atoms with Crippen LogP contribution < -0.4 is 5.32 Å². The van der Waals surface area contributed by atoms with E-state index in [4.69, 9.17) is 0 Å². The highest BCUT2D eigenvalue weighted by Gasteiger charge is 2.07. The van der Waals surface area contributed by atoms with Crippen LogP contribution in [-0.2, 0) is 6.42 Å². The number of halogens is 2. The summed E-state index contributed by atoms with van der Waals surface area (Å²) in [5.41, 5.74) is 2.93. The summed E-state index contributed by atoms with van der Waals surface area (Å²) in [6, 6.07) is 4.44. The van der Waals surface area contributed by atoms with Gasteiger partial charge in [-0.25, -0.2) is 0 Å². The van der Waals surface area contributed by atoms with Gasteiger partial charge in [-0.15, -0.1) is 0 Å². The standard InChI is InChI=1S/C16H25Br2N/c1-12-10-15(18)13(11-14(12)17)8-6-5-7-9-19-16(2,3)4/h10-11,19H,5-9H2,1-4H3. The maximum absolute atomic E-state index is 3.66. The number of rotatable bonds is 6. The summed E-state index contributed by atoms with van der Waals surface area (Å²) in [7, 11) is 0. The largest absolute Gasteiger partial charge is 0.312 e. The van der Waals surface area contributed by atoms with Gasteiger partial charge in [0.15, 0.2) is 0 Å². The lowest BCUT2D eigenvalue weighted by atomic mass is 10.0. The zero-order chi connectivity index (χ0) is 14.5. The van der Waals surface area contributed by atoms with Crippen molar-refractivity contribution in [1.29, 1.82) is 0 Å². The van der Waals surface area contributed by atoms with Crippen LogP contribution in [0.5, 0.6) is 0 Å². The molecule has 0 radical (unpaired) electrons. The Morgan fingerprint density at radius 3 is 2.32 bits per heavy atom. The van der Waals surface area contributed by atoms with Gasteiger partial charge in [0.2, 0.25) is 0 Å². The first kappa shape index (κ1) is 17.2. The van der Waals surface area contributed by atoms with Crippen LogP contribution in [0, 0.1) is 6.92 Å². The summed E-state index contributed by atoms with van der Waals surface area (Å²) in [5.74, 6) is 0. The molecule has 0 heterocycles. The molecule has 19 heavy (non-hydrogen) atoms. The molecule has 0 spiro atoms. The van der Waals surface area contributed by atoms with Crippen LogP contribution in [0.4, 0.5) is 0 Å². The number of benzene rings is 1. The second kappa shape index (κ2) is 7.80. The van der Waals surface area contributed by atoms with E-state index in [1.807, 2.05) is 0 Å². The number of unbranched alkanes of at least 4 members (excludes halogenated alkanes) is 2. The number of aryl methyl sites for hydroxylation is 2. The van der Waals surface area contributed by atoms with E-state index in [9.17, 15) is 0 Å². The van der Waals surface area contributed by atoms with Crippen LogP contribution in [0.2, 0.25) is 0 Å². The van der Waals surface area contributed by atoms with Gasteiger partial charge < -0.3 is 5.32 Å². The average Bonchev–Trinajstić information content (AvgIpc) is 2.28. The SMILES string of the molecule is Cc1cc(Br)c(CCCCCNC(C)(C)C)cc1Br. The van der Waals surface area contributed by atoms with Crippen molar-refractivity contribution in [3.8, 4) is 0 Å². The van der Waals surface area contributed by atoms with Crippen molar-refractivity contribution >= 4 is 31.9 Å². The minimum Gasteiger partial charge on any atom is -0.312 e. The lowest BCUT2D eigenvalue weighted by Crippen LogP contribution is -2.36. The lowest BCUT2D eigenvalue weighted by molar-refractivity contribution is 0.417. The fraction of sp³-hybridized carbons (Fsp3) is 0.625. The lowest BCUT2D eigenvalue weighted by Gasteiger charge is -2.20. The van der Waals surface area contributed by atoms with Crippen LogP contribution in [-0.4, -0.2) is 12.1 Å². The van der Waals surface area contributed by atoms with Gasteiger partial charge in [-0.1, -0.05) is 38.3 Å². The second-order valence-electron chi connectivity index (χ2n) is 6.18. The molecular weight excluding hydrogens is 366 g/mol. The van der Waals surface area contributed by atoms with Crippen LogP contribution in [0.1, 0.15) is 51.2 Å². The predicted octanol–water partition coefficient (Wildman–Crippen LogP) is 5.62. The molecule has 0 saturated carbocycles. The van der Waals surface area contributed by atoms with Crippen molar-refractivity contribution < 1.29 is 0 Å². The predicted molar refractivity (Wildman–Crippen MR) is 91.9 cm³/mol. The Kier molecular flexibility index (Phi) is 7.06. The third-order valence-corrected chi connectivity index (χ3v) is 4.70. The topological polar surface area (TPSA) is 12.0 Å². The minimum atomic E-state index is 0.241. The van der Waals surface area contributed by atoms with Gasteiger partial charge in [0.1, 0.15) is 0 Å². The van der Waals surface area contributed by atoms with E-state index in [2.05, 4.69) is 77.0 Å². The monoisotopic (exact) mass is 389 g/mol. The maximum Gasteiger partial charge on any atom is 0.0210 e. The van der Waals surface area contributed by atoms with Crippen LogP contribution in [0.25, 0.3) is 0 Å². The molecule has 1 rings (SSSR count). The molecular formula is C16H25Br2N. The second-order valence-corrected chi connectivity index (χ2v) is 7.89. The van der Waals surface area contributed by atoms with E-state index >= 15 is 0 Å². The molecule has 3 heteroatoms. The molecule has 0 aliphatic heterocycles. The molecule has 0 bridgehead atoms. The molecule has 0 aliphatic rings. The Morgan fingerprint density at radius 1 is 1.00 bits per heavy atom. The highest BCUT2D eigenvalue weighted by molar-refractivity contribution is 9.11. The Morgan fingerprint density at radius 2 is 1.68 bits per heavy atom. The number of nitrogens with one attached hydrogen (secondary N) is 1. The van der Waals surface area contributed by atoms with E-state index in [-0.39, 0.29) is 5.54 Å². The quantitative estimate of drug-likeness (QED) is 0.621. The molecule has 1 aromatic rings. The van der Waals surface area contributed by atoms with Gasteiger partial charge >= 0.3 is 0 Å². The van der Waals surface area contributed by atoms with Crippen molar-refractivity contribution in [3.63, 3.8) is 0 Å². The van der Waals surface area contributed by atoms with Gasteiger partial charge in [0.05, 0.1) is 0 Å². The summed E-state index contributed by atoms with van der Waals surface area (Å²) < 4.78 is 2.45. The van der Waals surface area contributed by atoms with Crippen LogP contribution in [0.3, 0.4) is 0 Å². The van der Waals surface area contributed by atoms with E-state index in [1.165, 1.54) is 39.3 Å². The Labute approximate surface area is 134 Å². The molecule has 0 atom stereocenters. The fourth-order valence-electron chi connectivity index (χ4n) is 1.96. The molecule has 1 N–H and O–H groups in total. The Balaban J connectivity index is 2.28. The molecule has 0 fully saturated rings. The van der Waals surface area contributed by atoms with Crippen molar-refractivity contribution in [1.82, 2.24) is 5.32 Å². The molecule has 0 unspecified atom stereocenters. The zero-order valence-corrected chi connectivity index (χ0v) is 15.6. The number of hydrogen-bond acceptors (Lipinski definition) is 1. The Hall–Kier alpha value is 0.140. The van der Waals surface area contributed by atoms with Crippen LogP contribution >= 0.6 is 31.9 Å². The maximum atomic E-state index is 3.66. The van der Waals surface area contributed by atoms with Crippen LogP contribution in [0.15, 0.2) is 21.1 Å². The summed E-state index contributed by atoms with van der Waals surface area (Å²) in [4.78, 5) is 0. The molecule has 1 nitrogen and oxygen atoms in total. The van der Waals surface area contributed by atoms with Crippen molar-refractivity contribution in [2.75, 3.05) is 6.54 Å². The highest BCUT2D eigenvalue weighted by Crippen LogP contribution is 2.26. The Bertz CT molecular complexity index is 408. The molecule has 0 amide bonds. The molecule has 0 aromatic heterocycles. The van der Waals surface area contributed by atoms with Gasteiger partial charge in [-0.2, -0.15) is 0 Å². The summed E-state index contributed by atoms with van der Waals surface area (Å²) in [5, 5.41) is 3.53. The van der Waals surface area contributed by atoms with E-state index in [1.54, 1.807) is 0 Å². The summed E-state index contributed by atoms with van der Waals surface area (Å²) >= 11 is 7.26. The highest BCUT2D eigenvalue weighted by atomic mass is 79.9. The smallest absolute Gasteiger partial charge is 0.0210 e. The van der Waals surface area contributed by atoms with Gasteiger partial charge in [-0.3, -0.25) is 0 Å². The third kappa shape index (κ3) is 6.92. The zero-order valence-electron chi connectivity index (χ0n) is 12.4. The van der Waals surface area contributed by atoms with Crippen molar-refractivity contribution in [2.45, 2.75) is 58.9 Å². The summed E-state index contributed by atoms with van der Waals surface area (Å²) in [6.07, 6.45) is 4.93. The first-order valence-corrected chi connectivity index (χ1v) is 8.58. The number of hydrogen-bond donors (Lipinski definition) is 1. The van der Waals surface area contributed by atoms with Crippen molar-refractivity contribution in [2.24, 2.45) is 0 Å². The normalized spacial score (nSPS) is 11.9. The fourth-order valence-corrected chi connectivity index (χ4v) is 3.01.